The summed E-state index contributed by atoms with van der Waals surface area (Å²) in [4.78, 5) is 34.3. The maximum atomic E-state index is 11.9. The molecular formula is C26H29N5O4. The van der Waals surface area contributed by atoms with Gasteiger partial charge in [0.25, 0.3) is 5.91 Å². The molecule has 1 aliphatic heterocycles. The van der Waals surface area contributed by atoms with Gasteiger partial charge in [0.2, 0.25) is 5.91 Å². The van der Waals surface area contributed by atoms with E-state index in [0.717, 1.165) is 38.8 Å². The van der Waals surface area contributed by atoms with Crippen molar-refractivity contribution in [3.8, 4) is 23.3 Å². The molecule has 0 radical (unpaired) electrons. The number of piperidine rings is 1. The minimum absolute atomic E-state index is 0.000284. The topological polar surface area (TPSA) is 120 Å². The van der Waals surface area contributed by atoms with E-state index in [9.17, 15) is 9.59 Å². The molecule has 0 bridgehead atoms. The van der Waals surface area contributed by atoms with Gasteiger partial charge in [0.05, 0.1) is 20.4 Å². The second-order valence-corrected chi connectivity index (χ2v) is 8.95. The van der Waals surface area contributed by atoms with Gasteiger partial charge in [-0.2, -0.15) is 0 Å². The number of likely N-dealkylation sites (tertiary alicyclic amines) is 1. The van der Waals surface area contributed by atoms with Gasteiger partial charge in [-0.1, -0.05) is 12.5 Å². The Morgan fingerprint density at radius 2 is 1.83 bits per heavy atom. The van der Waals surface area contributed by atoms with Crippen molar-refractivity contribution in [3.05, 3.63) is 54.0 Å². The van der Waals surface area contributed by atoms with Gasteiger partial charge in [-0.15, -0.1) is 0 Å². The van der Waals surface area contributed by atoms with Crippen molar-refractivity contribution in [3.63, 3.8) is 0 Å². The molecule has 35 heavy (non-hydrogen) atoms. The number of benzene rings is 1. The van der Waals surface area contributed by atoms with Crippen LogP contribution in [0.25, 0.3) is 0 Å². The number of anilines is 1. The molecule has 1 saturated carbocycles. The van der Waals surface area contributed by atoms with E-state index in [0.29, 0.717) is 22.9 Å². The number of hydrogen-bond donors (Lipinski definition) is 2. The lowest BCUT2D eigenvalue weighted by Crippen LogP contribution is -2.52. The number of methoxy groups -OCH3 is 2. The third-order valence-electron chi connectivity index (χ3n) is 6.70. The van der Waals surface area contributed by atoms with Crippen LogP contribution in [0.3, 0.4) is 0 Å². The second kappa shape index (κ2) is 10.1. The van der Waals surface area contributed by atoms with Crippen LogP contribution in [0, 0.1) is 17.3 Å². The first kappa shape index (κ1) is 24.1. The SMILES string of the molecule is C=CC(=O)N1CCC2(CC1)CC(Nc1cnc(C(N)=O)c(C#Cc3cc(OC)cc(OC)c3)n1)C2. The van der Waals surface area contributed by atoms with E-state index in [2.05, 4.69) is 33.7 Å². The largest absolute Gasteiger partial charge is 0.497 e. The zero-order valence-electron chi connectivity index (χ0n) is 20.0. The van der Waals surface area contributed by atoms with Gasteiger partial charge in [0.1, 0.15) is 23.0 Å². The quantitative estimate of drug-likeness (QED) is 0.486. The smallest absolute Gasteiger partial charge is 0.270 e. The summed E-state index contributed by atoms with van der Waals surface area (Å²) in [7, 11) is 3.12. The molecular weight excluding hydrogens is 446 g/mol. The molecule has 1 aromatic heterocycles. The van der Waals surface area contributed by atoms with Gasteiger partial charge in [-0.3, -0.25) is 9.59 Å². The van der Waals surface area contributed by atoms with Gasteiger partial charge in [-0.25, -0.2) is 9.97 Å². The highest BCUT2D eigenvalue weighted by atomic mass is 16.5. The number of carbonyl (C=O) groups is 2. The Labute approximate surface area is 204 Å². The number of ether oxygens (including phenoxy) is 2. The van der Waals surface area contributed by atoms with Crippen molar-refractivity contribution in [1.82, 2.24) is 14.9 Å². The molecule has 1 saturated heterocycles. The molecule has 4 rings (SSSR count). The molecule has 2 aromatic rings. The second-order valence-electron chi connectivity index (χ2n) is 8.95. The summed E-state index contributed by atoms with van der Waals surface area (Å²) in [5.41, 5.74) is 6.61. The molecule has 0 atom stereocenters. The summed E-state index contributed by atoms with van der Waals surface area (Å²) in [6, 6.07) is 5.51. The molecule has 1 spiro atoms. The summed E-state index contributed by atoms with van der Waals surface area (Å²) in [5, 5.41) is 3.41. The first-order chi connectivity index (χ1) is 16.8. The monoisotopic (exact) mass is 475 g/mol. The van der Waals surface area contributed by atoms with Gasteiger partial charge in [0, 0.05) is 30.8 Å². The number of nitrogens with two attached hydrogens (primary N) is 1. The first-order valence-corrected chi connectivity index (χ1v) is 11.4. The van der Waals surface area contributed by atoms with Crippen molar-refractivity contribution < 1.29 is 19.1 Å². The Hall–Kier alpha value is -4.06. The standard InChI is InChI=1S/C26H29N5O4/c1-4-23(32)31-9-7-26(8-10-31)14-18(15-26)29-22-16-28-24(25(27)33)21(30-22)6-5-17-11-19(34-2)13-20(12-17)35-3/h4,11-13,16,18H,1,7-10,14-15H2,2-3H3,(H2,27,33)(H,29,30). The number of primary amides is 1. The van der Waals surface area contributed by atoms with Gasteiger partial charge in [-0.05, 0) is 55.2 Å². The average Bonchev–Trinajstić information content (AvgIpc) is 2.86. The Bertz CT molecular complexity index is 1180. The molecule has 182 valence electrons. The van der Waals surface area contributed by atoms with E-state index in [4.69, 9.17) is 15.2 Å². The first-order valence-electron chi connectivity index (χ1n) is 11.4. The predicted octanol–water partition coefficient (Wildman–Crippen LogP) is 2.36. The Morgan fingerprint density at radius 1 is 1.17 bits per heavy atom. The molecule has 2 heterocycles. The lowest BCUT2D eigenvalue weighted by molar-refractivity contribution is -0.129. The molecule has 1 aromatic carbocycles. The van der Waals surface area contributed by atoms with Crippen LogP contribution in [0.15, 0.2) is 37.1 Å². The van der Waals surface area contributed by atoms with E-state index >= 15 is 0 Å². The van der Waals surface area contributed by atoms with Crippen LogP contribution in [0.1, 0.15) is 47.4 Å². The zero-order valence-corrected chi connectivity index (χ0v) is 20.0. The number of aromatic nitrogens is 2. The van der Waals surface area contributed by atoms with Crippen molar-refractivity contribution in [2.45, 2.75) is 31.7 Å². The summed E-state index contributed by atoms with van der Waals surface area (Å²) >= 11 is 0. The maximum Gasteiger partial charge on any atom is 0.270 e. The summed E-state index contributed by atoms with van der Waals surface area (Å²) in [6.07, 6.45) is 6.84. The maximum absolute atomic E-state index is 11.9. The lowest BCUT2D eigenvalue weighted by Gasteiger charge is -2.52. The number of nitrogens with zero attached hydrogens (tertiary/aromatic N) is 3. The van der Waals surface area contributed by atoms with Crippen LogP contribution >= 0.6 is 0 Å². The van der Waals surface area contributed by atoms with E-state index in [-0.39, 0.29) is 28.8 Å². The van der Waals surface area contributed by atoms with Crippen molar-refractivity contribution in [2.24, 2.45) is 11.1 Å². The number of nitrogens with one attached hydrogen (secondary N) is 1. The summed E-state index contributed by atoms with van der Waals surface area (Å²) in [5.74, 6) is 6.96. The van der Waals surface area contributed by atoms with Crippen LogP contribution < -0.4 is 20.5 Å². The number of amides is 2. The van der Waals surface area contributed by atoms with E-state index in [1.165, 1.54) is 12.3 Å². The van der Waals surface area contributed by atoms with Crippen LogP contribution in [0.4, 0.5) is 5.82 Å². The third kappa shape index (κ3) is 5.38. The number of carbonyl (C=O) groups excluding carboxylic acids is 2. The van der Waals surface area contributed by atoms with Gasteiger partial charge in [0.15, 0.2) is 5.69 Å². The fourth-order valence-electron chi connectivity index (χ4n) is 4.77. The minimum atomic E-state index is -0.694. The summed E-state index contributed by atoms with van der Waals surface area (Å²) < 4.78 is 10.6. The van der Waals surface area contributed by atoms with Crippen LogP contribution in [0.2, 0.25) is 0 Å². The molecule has 2 amide bonds. The van der Waals surface area contributed by atoms with Crippen molar-refractivity contribution in [1.29, 1.82) is 0 Å². The fraction of sp³-hybridized carbons (Fsp3) is 0.385. The summed E-state index contributed by atoms with van der Waals surface area (Å²) in [6.45, 7) is 5.10. The molecule has 9 heteroatoms. The number of rotatable bonds is 6. The van der Waals surface area contributed by atoms with E-state index in [1.54, 1.807) is 32.4 Å². The molecule has 9 nitrogen and oxygen atoms in total. The Morgan fingerprint density at radius 3 is 2.40 bits per heavy atom. The van der Waals surface area contributed by atoms with Crippen LogP contribution in [-0.4, -0.2) is 60.0 Å². The van der Waals surface area contributed by atoms with Gasteiger partial charge >= 0.3 is 0 Å². The van der Waals surface area contributed by atoms with E-state index < -0.39 is 5.91 Å². The molecule has 2 aliphatic rings. The molecule has 3 N–H and O–H groups in total. The van der Waals surface area contributed by atoms with Gasteiger partial charge < -0.3 is 25.4 Å². The molecule has 0 unspecified atom stereocenters. The highest BCUT2D eigenvalue weighted by Gasteiger charge is 2.46. The van der Waals surface area contributed by atoms with Crippen molar-refractivity contribution in [2.75, 3.05) is 32.6 Å². The highest BCUT2D eigenvalue weighted by Crippen LogP contribution is 2.49. The molecule has 1 aliphatic carbocycles. The van der Waals surface area contributed by atoms with Crippen LogP contribution in [-0.2, 0) is 4.79 Å². The third-order valence-corrected chi connectivity index (χ3v) is 6.70. The average molecular weight is 476 g/mol. The fourth-order valence-corrected chi connectivity index (χ4v) is 4.77. The molecule has 2 fully saturated rings. The Balaban J connectivity index is 1.46. The van der Waals surface area contributed by atoms with E-state index in [1.807, 2.05) is 4.90 Å². The zero-order chi connectivity index (χ0) is 25.0. The predicted molar refractivity (Wildman–Crippen MR) is 131 cm³/mol. The lowest BCUT2D eigenvalue weighted by atomic mass is 9.60. The van der Waals surface area contributed by atoms with Crippen molar-refractivity contribution >= 4 is 17.6 Å². The highest BCUT2D eigenvalue weighted by molar-refractivity contribution is 5.93. The minimum Gasteiger partial charge on any atom is -0.497 e. The Kier molecular flexibility index (Phi) is 6.92. The number of hydrogen-bond acceptors (Lipinski definition) is 7. The van der Waals surface area contributed by atoms with Crippen LogP contribution in [0.5, 0.6) is 11.5 Å². The normalized spacial score (nSPS) is 16.5.